The molecule has 1 heterocycles. The molecule has 2 aromatic rings. The van der Waals surface area contributed by atoms with Crippen LogP contribution in [0.3, 0.4) is 0 Å². The van der Waals surface area contributed by atoms with Crippen molar-refractivity contribution >= 4 is 17.2 Å². The number of methoxy groups -OCH3 is 1. The Labute approximate surface area is 105 Å². The molecule has 0 bridgehead atoms. The average Bonchev–Trinajstić information content (AvgIpc) is 2.38. The van der Waals surface area contributed by atoms with Crippen molar-refractivity contribution in [1.29, 1.82) is 0 Å². The Morgan fingerprint density at radius 3 is 2.72 bits per heavy atom. The number of anilines is 3. The number of ether oxygens (including phenoxy) is 1. The van der Waals surface area contributed by atoms with Gasteiger partial charge in [0.1, 0.15) is 5.82 Å². The standard InChI is InChI=1S/C13H14FN3O/c1-17(10-5-3-4-9(14)8-10)13-11(15)6-7-12(16-13)18-2/h3-8H,15H2,1-2H3. The molecule has 5 heteroatoms. The lowest BCUT2D eigenvalue weighted by molar-refractivity contribution is 0.398. The zero-order chi connectivity index (χ0) is 13.1. The van der Waals surface area contributed by atoms with E-state index in [0.29, 0.717) is 23.1 Å². The molecule has 0 aliphatic heterocycles. The summed E-state index contributed by atoms with van der Waals surface area (Å²) in [4.78, 5) is 5.96. The SMILES string of the molecule is COc1ccc(N)c(N(C)c2cccc(F)c2)n1. The molecular formula is C13H14FN3O. The van der Waals surface area contributed by atoms with E-state index in [1.165, 1.54) is 19.2 Å². The smallest absolute Gasteiger partial charge is 0.215 e. The van der Waals surface area contributed by atoms with E-state index in [-0.39, 0.29) is 5.82 Å². The summed E-state index contributed by atoms with van der Waals surface area (Å²) in [5, 5.41) is 0. The lowest BCUT2D eigenvalue weighted by Gasteiger charge is -2.20. The van der Waals surface area contributed by atoms with Gasteiger partial charge in [-0.3, -0.25) is 0 Å². The Hall–Kier alpha value is -2.30. The number of halogens is 1. The van der Waals surface area contributed by atoms with E-state index >= 15 is 0 Å². The van der Waals surface area contributed by atoms with Gasteiger partial charge in [0.25, 0.3) is 0 Å². The van der Waals surface area contributed by atoms with Gasteiger partial charge in [-0.25, -0.2) is 4.39 Å². The quantitative estimate of drug-likeness (QED) is 0.905. The molecule has 4 nitrogen and oxygen atoms in total. The zero-order valence-electron chi connectivity index (χ0n) is 10.2. The van der Waals surface area contributed by atoms with Crippen molar-refractivity contribution in [3.8, 4) is 5.88 Å². The van der Waals surface area contributed by atoms with E-state index in [4.69, 9.17) is 10.5 Å². The third kappa shape index (κ3) is 2.34. The molecule has 18 heavy (non-hydrogen) atoms. The van der Waals surface area contributed by atoms with Crippen LogP contribution in [-0.2, 0) is 0 Å². The molecule has 0 amide bonds. The minimum absolute atomic E-state index is 0.305. The predicted octanol–water partition coefficient (Wildman–Crippen LogP) is 2.58. The zero-order valence-corrected chi connectivity index (χ0v) is 10.2. The monoisotopic (exact) mass is 247 g/mol. The van der Waals surface area contributed by atoms with Crippen LogP contribution in [0.1, 0.15) is 0 Å². The number of rotatable bonds is 3. The Morgan fingerprint density at radius 2 is 2.06 bits per heavy atom. The first kappa shape index (κ1) is 12.2. The molecule has 0 fully saturated rings. The maximum atomic E-state index is 13.2. The van der Waals surface area contributed by atoms with Gasteiger partial charge in [0, 0.05) is 18.8 Å². The van der Waals surface area contributed by atoms with Gasteiger partial charge in [0.15, 0.2) is 5.82 Å². The molecule has 0 radical (unpaired) electrons. The molecule has 0 saturated heterocycles. The first-order chi connectivity index (χ1) is 8.61. The van der Waals surface area contributed by atoms with E-state index in [9.17, 15) is 4.39 Å². The molecule has 0 saturated carbocycles. The van der Waals surface area contributed by atoms with Gasteiger partial charge in [-0.05, 0) is 24.3 Å². The van der Waals surface area contributed by atoms with Crippen LogP contribution in [0, 0.1) is 5.82 Å². The highest BCUT2D eigenvalue weighted by atomic mass is 19.1. The molecule has 1 aromatic carbocycles. The van der Waals surface area contributed by atoms with E-state index in [1.54, 1.807) is 36.2 Å². The number of benzene rings is 1. The highest BCUT2D eigenvalue weighted by Gasteiger charge is 2.11. The van der Waals surface area contributed by atoms with Gasteiger partial charge >= 0.3 is 0 Å². The summed E-state index contributed by atoms with van der Waals surface area (Å²) in [6, 6.07) is 9.61. The molecule has 0 atom stereocenters. The van der Waals surface area contributed by atoms with Crippen LogP contribution in [0.4, 0.5) is 21.6 Å². The highest BCUT2D eigenvalue weighted by molar-refractivity contribution is 5.71. The fourth-order valence-corrected chi connectivity index (χ4v) is 1.63. The molecule has 0 aliphatic carbocycles. The minimum Gasteiger partial charge on any atom is -0.481 e. The number of aromatic nitrogens is 1. The van der Waals surface area contributed by atoms with Gasteiger partial charge in [0.05, 0.1) is 12.8 Å². The van der Waals surface area contributed by atoms with Gasteiger partial charge in [-0.2, -0.15) is 4.98 Å². The molecular weight excluding hydrogens is 233 g/mol. The summed E-state index contributed by atoms with van der Waals surface area (Å²) in [5.74, 6) is 0.684. The summed E-state index contributed by atoms with van der Waals surface area (Å²) in [7, 11) is 3.30. The summed E-state index contributed by atoms with van der Waals surface area (Å²) >= 11 is 0. The Morgan fingerprint density at radius 1 is 1.28 bits per heavy atom. The van der Waals surface area contributed by atoms with Crippen molar-refractivity contribution in [3.05, 3.63) is 42.2 Å². The first-order valence-corrected chi connectivity index (χ1v) is 5.41. The topological polar surface area (TPSA) is 51.4 Å². The van der Waals surface area contributed by atoms with E-state index in [1.807, 2.05) is 0 Å². The van der Waals surface area contributed by atoms with Crippen molar-refractivity contribution in [1.82, 2.24) is 4.98 Å². The largest absolute Gasteiger partial charge is 0.481 e. The normalized spacial score (nSPS) is 10.2. The summed E-state index contributed by atoms with van der Waals surface area (Å²) in [6.07, 6.45) is 0. The molecule has 0 spiro atoms. The average molecular weight is 247 g/mol. The number of nitrogen functional groups attached to an aromatic ring is 1. The predicted molar refractivity (Wildman–Crippen MR) is 69.7 cm³/mol. The molecule has 94 valence electrons. The number of nitrogens with two attached hydrogens (primary N) is 1. The third-order valence-corrected chi connectivity index (χ3v) is 2.60. The molecule has 0 unspecified atom stereocenters. The van der Waals surface area contributed by atoms with Gasteiger partial charge in [-0.15, -0.1) is 0 Å². The summed E-state index contributed by atoms with van der Waals surface area (Å²) in [5.41, 5.74) is 7.04. The van der Waals surface area contributed by atoms with Crippen LogP contribution < -0.4 is 15.4 Å². The van der Waals surface area contributed by atoms with Crippen molar-refractivity contribution < 1.29 is 9.13 Å². The number of nitrogens with zero attached hydrogens (tertiary/aromatic N) is 2. The van der Waals surface area contributed by atoms with Crippen molar-refractivity contribution in [2.75, 3.05) is 24.8 Å². The Bertz CT molecular complexity index is 560. The molecule has 2 N–H and O–H groups in total. The molecule has 1 aromatic heterocycles. The minimum atomic E-state index is -0.305. The maximum Gasteiger partial charge on any atom is 0.215 e. The van der Waals surface area contributed by atoms with E-state index in [0.717, 1.165) is 0 Å². The van der Waals surface area contributed by atoms with E-state index in [2.05, 4.69) is 4.98 Å². The lowest BCUT2D eigenvalue weighted by Crippen LogP contribution is -2.13. The second-order valence-corrected chi connectivity index (χ2v) is 3.81. The summed E-state index contributed by atoms with van der Waals surface area (Å²) in [6.45, 7) is 0. The molecule has 2 rings (SSSR count). The van der Waals surface area contributed by atoms with Crippen LogP contribution in [0.15, 0.2) is 36.4 Å². The van der Waals surface area contributed by atoms with Crippen LogP contribution in [0.25, 0.3) is 0 Å². The van der Waals surface area contributed by atoms with Crippen molar-refractivity contribution in [3.63, 3.8) is 0 Å². The number of hydrogen-bond acceptors (Lipinski definition) is 4. The van der Waals surface area contributed by atoms with Crippen molar-refractivity contribution in [2.45, 2.75) is 0 Å². The van der Waals surface area contributed by atoms with Gasteiger partial charge < -0.3 is 15.4 Å². The third-order valence-electron chi connectivity index (χ3n) is 2.60. The first-order valence-electron chi connectivity index (χ1n) is 5.41. The van der Waals surface area contributed by atoms with Gasteiger partial charge in [-0.1, -0.05) is 6.07 Å². The van der Waals surface area contributed by atoms with Crippen LogP contribution in [-0.4, -0.2) is 19.1 Å². The second kappa shape index (κ2) is 4.91. The Balaban J connectivity index is 2.41. The number of hydrogen-bond donors (Lipinski definition) is 1. The van der Waals surface area contributed by atoms with E-state index < -0.39 is 0 Å². The maximum absolute atomic E-state index is 13.2. The highest BCUT2D eigenvalue weighted by Crippen LogP contribution is 2.29. The Kier molecular flexibility index (Phi) is 3.32. The summed E-state index contributed by atoms with van der Waals surface area (Å²) < 4.78 is 18.2. The second-order valence-electron chi connectivity index (χ2n) is 3.81. The number of pyridine rings is 1. The van der Waals surface area contributed by atoms with Crippen molar-refractivity contribution in [2.24, 2.45) is 0 Å². The molecule has 0 aliphatic rings. The van der Waals surface area contributed by atoms with Crippen LogP contribution in [0.5, 0.6) is 5.88 Å². The fourth-order valence-electron chi connectivity index (χ4n) is 1.63. The fraction of sp³-hybridized carbons (Fsp3) is 0.154. The van der Waals surface area contributed by atoms with Crippen LogP contribution in [0.2, 0.25) is 0 Å². The lowest BCUT2D eigenvalue weighted by atomic mass is 10.2. The van der Waals surface area contributed by atoms with Gasteiger partial charge in [0.2, 0.25) is 5.88 Å². The van der Waals surface area contributed by atoms with Crippen LogP contribution >= 0.6 is 0 Å².